The maximum absolute atomic E-state index is 5.63. The van der Waals surface area contributed by atoms with E-state index in [1.165, 1.54) is 0 Å². The maximum Gasteiger partial charge on any atom is 0.221 e. The fourth-order valence-electron chi connectivity index (χ4n) is 1.60. The monoisotopic (exact) mass is 284 g/mol. The fourth-order valence-corrected chi connectivity index (χ4v) is 1.60. The summed E-state index contributed by atoms with van der Waals surface area (Å²) < 4.78 is 15.9. The highest BCUT2D eigenvalue weighted by Crippen LogP contribution is 2.21. The van der Waals surface area contributed by atoms with Gasteiger partial charge in [0.1, 0.15) is 18.2 Å². The normalized spacial score (nSPS) is 10.6. The van der Waals surface area contributed by atoms with Crippen molar-refractivity contribution in [1.29, 1.82) is 0 Å². The minimum absolute atomic E-state index is 0.428. The average Bonchev–Trinajstić information content (AvgIpc) is 2.45. The number of aryl methyl sites for hydroxylation is 1. The number of nitrogens with one attached hydrogen (secondary N) is 1. The van der Waals surface area contributed by atoms with E-state index in [0.717, 1.165) is 24.2 Å². The molecule has 0 radical (unpaired) electrons. The van der Waals surface area contributed by atoms with Crippen LogP contribution in [0.4, 0.5) is 5.82 Å². The molecule has 0 aliphatic heterocycles. The minimum atomic E-state index is 0.428. The van der Waals surface area contributed by atoms with Crippen molar-refractivity contribution in [3.63, 3.8) is 0 Å². The van der Waals surface area contributed by atoms with E-state index < -0.39 is 0 Å². The van der Waals surface area contributed by atoms with Gasteiger partial charge in [0, 0.05) is 13.5 Å². The summed E-state index contributed by atoms with van der Waals surface area (Å²) in [7, 11) is 1.64. The van der Waals surface area contributed by atoms with Crippen molar-refractivity contribution in [2.45, 2.75) is 26.7 Å². The molecule has 0 fully saturated rings. The second-order valence-corrected chi connectivity index (χ2v) is 4.27. The van der Waals surface area contributed by atoms with Crippen LogP contribution in [0.3, 0.4) is 0 Å². The van der Waals surface area contributed by atoms with E-state index in [1.54, 1.807) is 7.11 Å². The molecule has 114 valence electrons. The molecule has 1 aromatic heterocycles. The molecule has 0 aliphatic rings. The van der Waals surface area contributed by atoms with Gasteiger partial charge in [0.15, 0.2) is 0 Å². The molecule has 0 atom stereocenters. The van der Waals surface area contributed by atoms with Crippen molar-refractivity contribution >= 4 is 5.82 Å². The van der Waals surface area contributed by atoms with E-state index in [4.69, 9.17) is 20.1 Å². The summed E-state index contributed by atoms with van der Waals surface area (Å²) in [5.74, 6) is 7.33. The van der Waals surface area contributed by atoms with Gasteiger partial charge in [-0.2, -0.15) is 4.98 Å². The zero-order valence-electron chi connectivity index (χ0n) is 12.4. The Morgan fingerprint density at radius 3 is 2.55 bits per heavy atom. The van der Waals surface area contributed by atoms with Crippen LogP contribution in [-0.2, 0) is 15.9 Å². The zero-order chi connectivity index (χ0) is 14.8. The van der Waals surface area contributed by atoms with Crippen LogP contribution in [-0.4, -0.2) is 43.5 Å². The third-order valence-corrected chi connectivity index (χ3v) is 2.66. The fraction of sp³-hybridized carbons (Fsp3) is 0.692. The first kappa shape index (κ1) is 16.6. The van der Waals surface area contributed by atoms with Gasteiger partial charge >= 0.3 is 0 Å². The predicted molar refractivity (Wildman–Crippen MR) is 76.8 cm³/mol. The molecule has 0 bridgehead atoms. The van der Waals surface area contributed by atoms with Crippen LogP contribution in [0.2, 0.25) is 0 Å². The molecule has 0 saturated heterocycles. The summed E-state index contributed by atoms with van der Waals surface area (Å²) in [6.45, 7) is 5.99. The molecule has 20 heavy (non-hydrogen) atoms. The van der Waals surface area contributed by atoms with E-state index in [-0.39, 0.29) is 0 Å². The second-order valence-electron chi connectivity index (χ2n) is 4.27. The van der Waals surface area contributed by atoms with E-state index >= 15 is 0 Å². The van der Waals surface area contributed by atoms with E-state index in [9.17, 15) is 0 Å². The number of methoxy groups -OCH3 is 1. The van der Waals surface area contributed by atoms with Gasteiger partial charge in [0.05, 0.1) is 25.4 Å². The molecule has 0 amide bonds. The predicted octanol–water partition coefficient (Wildman–Crippen LogP) is 1.06. The number of nitrogen functional groups attached to an aromatic ring is 1. The lowest BCUT2D eigenvalue weighted by atomic mass is 10.3. The van der Waals surface area contributed by atoms with E-state index in [2.05, 4.69) is 22.3 Å². The Morgan fingerprint density at radius 2 is 1.90 bits per heavy atom. The van der Waals surface area contributed by atoms with Crippen molar-refractivity contribution < 1.29 is 14.2 Å². The van der Waals surface area contributed by atoms with Gasteiger partial charge in [-0.05, 0) is 13.3 Å². The lowest BCUT2D eigenvalue weighted by Gasteiger charge is -2.12. The maximum atomic E-state index is 5.63. The third kappa shape index (κ3) is 5.28. The van der Waals surface area contributed by atoms with Crippen LogP contribution in [0, 0.1) is 6.92 Å². The molecule has 1 heterocycles. The van der Waals surface area contributed by atoms with Gasteiger partial charge < -0.3 is 19.6 Å². The smallest absolute Gasteiger partial charge is 0.221 e. The molecular weight excluding hydrogens is 260 g/mol. The minimum Gasteiger partial charge on any atom is -0.475 e. The Balaban J connectivity index is 2.56. The van der Waals surface area contributed by atoms with Gasteiger partial charge in [-0.1, -0.05) is 6.92 Å². The molecule has 1 aromatic rings. The summed E-state index contributed by atoms with van der Waals surface area (Å²) >= 11 is 0. The molecule has 0 spiro atoms. The Bertz CT molecular complexity index is 401. The number of hydrogen-bond donors (Lipinski definition) is 2. The van der Waals surface area contributed by atoms with Crippen molar-refractivity contribution in [2.75, 3.05) is 39.0 Å². The number of ether oxygens (including phenoxy) is 3. The summed E-state index contributed by atoms with van der Waals surface area (Å²) in [6.07, 6.45) is 1.75. The molecular formula is C13H24N4O3. The first-order valence-electron chi connectivity index (χ1n) is 6.76. The first-order valence-corrected chi connectivity index (χ1v) is 6.76. The third-order valence-electron chi connectivity index (χ3n) is 2.66. The van der Waals surface area contributed by atoms with E-state index in [0.29, 0.717) is 38.1 Å². The average molecular weight is 284 g/mol. The highest BCUT2D eigenvalue weighted by Gasteiger charge is 2.11. The summed E-state index contributed by atoms with van der Waals surface area (Å²) in [6, 6.07) is 0. The van der Waals surface area contributed by atoms with Crippen LogP contribution in [0.25, 0.3) is 0 Å². The zero-order valence-corrected chi connectivity index (χ0v) is 12.4. The molecule has 3 N–H and O–H groups in total. The van der Waals surface area contributed by atoms with Gasteiger partial charge in [-0.3, -0.25) is 0 Å². The van der Waals surface area contributed by atoms with Crippen molar-refractivity contribution in [3.05, 3.63) is 11.4 Å². The number of nitrogens with zero attached hydrogens (tertiary/aromatic N) is 2. The second kappa shape index (κ2) is 9.46. The van der Waals surface area contributed by atoms with Gasteiger partial charge in [-0.25, -0.2) is 10.8 Å². The summed E-state index contributed by atoms with van der Waals surface area (Å²) in [5, 5.41) is 0. The Morgan fingerprint density at radius 1 is 1.15 bits per heavy atom. The quantitative estimate of drug-likeness (QED) is 0.377. The van der Waals surface area contributed by atoms with Crippen LogP contribution in [0.1, 0.15) is 24.7 Å². The van der Waals surface area contributed by atoms with Crippen molar-refractivity contribution in [3.8, 4) is 5.88 Å². The SMILES string of the molecule is CCCc1nc(NN)c(C)c(OCCOCCOC)n1. The molecule has 0 aromatic carbocycles. The van der Waals surface area contributed by atoms with Crippen LogP contribution < -0.4 is 16.0 Å². The molecule has 7 heteroatoms. The van der Waals surface area contributed by atoms with Gasteiger partial charge in [0.25, 0.3) is 0 Å². The number of aromatic nitrogens is 2. The van der Waals surface area contributed by atoms with Crippen molar-refractivity contribution in [2.24, 2.45) is 5.84 Å². The van der Waals surface area contributed by atoms with Crippen LogP contribution in [0.5, 0.6) is 5.88 Å². The molecule has 0 aliphatic carbocycles. The molecule has 0 saturated carbocycles. The Kier molecular flexibility index (Phi) is 7.86. The Hall–Kier alpha value is -1.44. The number of rotatable bonds is 10. The van der Waals surface area contributed by atoms with Crippen molar-refractivity contribution in [1.82, 2.24) is 9.97 Å². The number of hydrazine groups is 1. The lowest BCUT2D eigenvalue weighted by molar-refractivity contribution is 0.0535. The van der Waals surface area contributed by atoms with Crippen LogP contribution >= 0.6 is 0 Å². The standard InChI is InChI=1S/C13H24N4O3/c1-4-5-11-15-12(17-14)10(2)13(16-11)20-9-8-19-7-6-18-3/h4-9,14H2,1-3H3,(H,15,16,17). The number of hydrogen-bond acceptors (Lipinski definition) is 7. The highest BCUT2D eigenvalue weighted by molar-refractivity contribution is 5.47. The number of nitrogens with two attached hydrogens (primary N) is 1. The van der Waals surface area contributed by atoms with Gasteiger partial charge in [-0.15, -0.1) is 0 Å². The lowest BCUT2D eigenvalue weighted by Crippen LogP contribution is -2.15. The van der Waals surface area contributed by atoms with Crippen LogP contribution in [0.15, 0.2) is 0 Å². The Labute approximate surface area is 119 Å². The number of anilines is 1. The van der Waals surface area contributed by atoms with Gasteiger partial charge in [0.2, 0.25) is 5.88 Å². The molecule has 0 unspecified atom stereocenters. The molecule has 1 rings (SSSR count). The topological polar surface area (TPSA) is 91.5 Å². The highest BCUT2D eigenvalue weighted by atomic mass is 16.5. The van der Waals surface area contributed by atoms with E-state index in [1.807, 2.05) is 6.92 Å². The largest absolute Gasteiger partial charge is 0.475 e. The summed E-state index contributed by atoms with van der Waals surface area (Å²) in [5.41, 5.74) is 3.37. The first-order chi connectivity index (χ1) is 9.72. The summed E-state index contributed by atoms with van der Waals surface area (Å²) in [4.78, 5) is 8.73. The molecule has 7 nitrogen and oxygen atoms in total.